The Labute approximate surface area is 149 Å². The lowest BCUT2D eigenvalue weighted by Crippen LogP contribution is -2.27. The van der Waals surface area contributed by atoms with Gasteiger partial charge in [0.2, 0.25) is 15.9 Å². The molecule has 0 aliphatic carbocycles. The number of anilines is 1. The number of hydrogen-bond acceptors (Lipinski definition) is 4. The summed E-state index contributed by atoms with van der Waals surface area (Å²) >= 11 is 3.24. The zero-order valence-electron chi connectivity index (χ0n) is 12.9. The zero-order chi connectivity index (χ0) is 17.7. The summed E-state index contributed by atoms with van der Waals surface area (Å²) in [5.41, 5.74) is 1.16. The van der Waals surface area contributed by atoms with Crippen molar-refractivity contribution in [2.24, 2.45) is 0 Å². The number of hydrogen-bond donors (Lipinski definition) is 3. The molecule has 6 nitrogen and oxygen atoms in total. The van der Waals surface area contributed by atoms with Crippen LogP contribution in [0, 0.1) is 6.92 Å². The van der Waals surface area contributed by atoms with E-state index in [-0.39, 0.29) is 23.6 Å². The third-order valence-corrected chi connectivity index (χ3v) is 5.20. The molecule has 0 aliphatic rings. The average molecular weight is 413 g/mol. The molecule has 2 aromatic rings. The predicted molar refractivity (Wildman–Crippen MR) is 95.4 cm³/mol. The average Bonchev–Trinajstić information content (AvgIpc) is 2.50. The fourth-order valence-corrected chi connectivity index (χ4v) is 3.25. The van der Waals surface area contributed by atoms with E-state index in [4.69, 9.17) is 0 Å². The highest BCUT2D eigenvalue weighted by atomic mass is 79.9. The second kappa shape index (κ2) is 7.78. The summed E-state index contributed by atoms with van der Waals surface area (Å²) < 4.78 is 27.3. The molecular formula is C16H17BrN2O4S. The highest BCUT2D eigenvalue weighted by Crippen LogP contribution is 2.23. The molecule has 2 aromatic carbocycles. The van der Waals surface area contributed by atoms with Crippen molar-refractivity contribution in [3.63, 3.8) is 0 Å². The minimum absolute atomic E-state index is 0.0289. The van der Waals surface area contributed by atoms with Crippen molar-refractivity contribution in [1.82, 2.24) is 4.72 Å². The number of amides is 1. The third-order valence-electron chi connectivity index (χ3n) is 3.20. The first-order chi connectivity index (χ1) is 11.3. The second-order valence-corrected chi connectivity index (χ2v) is 7.85. The predicted octanol–water partition coefficient (Wildman–Crippen LogP) is 2.77. The standard InChI is InChI=1S/C16H17BrN2O4S/c1-11-2-7-14(15(20)10-11)19-16(21)8-9-18-24(22,23)13-5-3-12(17)4-6-13/h2-7,10,18,20H,8-9H2,1H3,(H,19,21). The van der Waals surface area contributed by atoms with E-state index in [0.717, 1.165) is 10.0 Å². The van der Waals surface area contributed by atoms with Crippen LogP contribution >= 0.6 is 15.9 Å². The van der Waals surface area contributed by atoms with Crippen LogP contribution in [0.25, 0.3) is 0 Å². The van der Waals surface area contributed by atoms with E-state index in [0.29, 0.717) is 5.69 Å². The molecule has 2 rings (SSSR count). The van der Waals surface area contributed by atoms with Crippen molar-refractivity contribution in [3.8, 4) is 5.75 Å². The fourth-order valence-electron chi connectivity index (χ4n) is 1.96. The molecule has 0 fully saturated rings. The number of phenols is 1. The molecule has 8 heteroatoms. The maximum absolute atomic E-state index is 12.1. The number of carbonyl (C=O) groups excluding carboxylic acids is 1. The zero-order valence-corrected chi connectivity index (χ0v) is 15.3. The van der Waals surface area contributed by atoms with E-state index in [2.05, 4.69) is 26.0 Å². The van der Waals surface area contributed by atoms with E-state index in [1.54, 1.807) is 24.3 Å². The lowest BCUT2D eigenvalue weighted by Gasteiger charge is -2.09. The van der Waals surface area contributed by atoms with Crippen molar-refractivity contribution in [3.05, 3.63) is 52.5 Å². The molecule has 24 heavy (non-hydrogen) atoms. The van der Waals surface area contributed by atoms with Gasteiger partial charge in [-0.05, 0) is 48.9 Å². The lowest BCUT2D eigenvalue weighted by atomic mass is 10.2. The molecule has 0 aliphatic heterocycles. The van der Waals surface area contributed by atoms with Gasteiger partial charge in [-0.3, -0.25) is 4.79 Å². The van der Waals surface area contributed by atoms with Crippen molar-refractivity contribution < 1.29 is 18.3 Å². The Morgan fingerprint density at radius 3 is 2.46 bits per heavy atom. The summed E-state index contributed by atoms with van der Waals surface area (Å²) in [7, 11) is -3.66. The summed E-state index contributed by atoms with van der Waals surface area (Å²) in [5.74, 6) is -0.425. The molecule has 1 amide bonds. The number of benzene rings is 2. The molecule has 0 heterocycles. The van der Waals surface area contributed by atoms with Crippen LogP contribution < -0.4 is 10.0 Å². The minimum atomic E-state index is -3.66. The van der Waals surface area contributed by atoms with Crippen LogP contribution in [-0.4, -0.2) is 26.0 Å². The SMILES string of the molecule is Cc1ccc(NC(=O)CCNS(=O)(=O)c2ccc(Br)cc2)c(O)c1. The Hall–Kier alpha value is -1.90. The van der Waals surface area contributed by atoms with Gasteiger partial charge in [-0.1, -0.05) is 22.0 Å². The fraction of sp³-hybridized carbons (Fsp3) is 0.188. The van der Waals surface area contributed by atoms with Gasteiger partial charge >= 0.3 is 0 Å². The van der Waals surface area contributed by atoms with Crippen LogP contribution in [0.3, 0.4) is 0 Å². The van der Waals surface area contributed by atoms with Gasteiger partial charge in [-0.2, -0.15) is 0 Å². The van der Waals surface area contributed by atoms with Crippen LogP contribution in [0.4, 0.5) is 5.69 Å². The monoisotopic (exact) mass is 412 g/mol. The van der Waals surface area contributed by atoms with Gasteiger partial charge in [0.05, 0.1) is 10.6 Å². The molecule has 0 saturated heterocycles. The summed E-state index contributed by atoms with van der Waals surface area (Å²) in [4.78, 5) is 12.0. The summed E-state index contributed by atoms with van der Waals surface area (Å²) in [6, 6.07) is 11.1. The van der Waals surface area contributed by atoms with Crippen LogP contribution in [0.1, 0.15) is 12.0 Å². The molecule has 3 N–H and O–H groups in total. The van der Waals surface area contributed by atoms with E-state index < -0.39 is 15.9 Å². The number of sulfonamides is 1. The van der Waals surface area contributed by atoms with Gasteiger partial charge in [-0.15, -0.1) is 0 Å². The van der Waals surface area contributed by atoms with Crippen molar-refractivity contribution >= 4 is 37.5 Å². The molecule has 0 saturated carbocycles. The molecule has 0 unspecified atom stereocenters. The highest BCUT2D eigenvalue weighted by Gasteiger charge is 2.14. The van der Waals surface area contributed by atoms with Crippen LogP contribution in [-0.2, 0) is 14.8 Å². The Balaban J connectivity index is 1.89. The van der Waals surface area contributed by atoms with Gasteiger partial charge in [0.15, 0.2) is 0 Å². The third kappa shape index (κ3) is 5.05. The first kappa shape index (κ1) is 18.4. The molecule has 0 radical (unpaired) electrons. The summed E-state index contributed by atoms with van der Waals surface area (Å²) in [6.07, 6.45) is -0.0525. The molecular weight excluding hydrogens is 396 g/mol. The summed E-state index contributed by atoms with van der Waals surface area (Å²) in [6.45, 7) is 1.78. The van der Waals surface area contributed by atoms with Gasteiger partial charge in [0, 0.05) is 17.4 Å². The van der Waals surface area contributed by atoms with E-state index in [9.17, 15) is 18.3 Å². The van der Waals surface area contributed by atoms with Gasteiger partial charge in [0.25, 0.3) is 0 Å². The number of halogens is 1. The first-order valence-electron chi connectivity index (χ1n) is 7.12. The summed E-state index contributed by atoms with van der Waals surface area (Å²) in [5, 5.41) is 12.3. The number of aryl methyl sites for hydroxylation is 1. The largest absolute Gasteiger partial charge is 0.506 e. The van der Waals surface area contributed by atoms with Crippen molar-refractivity contribution in [2.45, 2.75) is 18.2 Å². The molecule has 0 spiro atoms. The smallest absolute Gasteiger partial charge is 0.240 e. The maximum atomic E-state index is 12.1. The minimum Gasteiger partial charge on any atom is -0.506 e. The van der Waals surface area contributed by atoms with E-state index in [1.807, 2.05) is 6.92 Å². The molecule has 0 atom stereocenters. The number of phenolic OH excluding ortho intramolecular Hbond substituents is 1. The topological polar surface area (TPSA) is 95.5 Å². The Kier molecular flexibility index (Phi) is 5.98. The highest BCUT2D eigenvalue weighted by molar-refractivity contribution is 9.10. The first-order valence-corrected chi connectivity index (χ1v) is 9.40. The number of rotatable bonds is 6. The molecule has 0 bridgehead atoms. The van der Waals surface area contributed by atoms with Gasteiger partial charge in [-0.25, -0.2) is 13.1 Å². The Bertz CT molecular complexity index is 836. The van der Waals surface area contributed by atoms with Crippen LogP contribution in [0.2, 0.25) is 0 Å². The van der Waals surface area contributed by atoms with Crippen molar-refractivity contribution in [2.75, 3.05) is 11.9 Å². The quantitative estimate of drug-likeness (QED) is 0.635. The Morgan fingerprint density at radius 2 is 1.83 bits per heavy atom. The van der Waals surface area contributed by atoms with Crippen LogP contribution in [0.5, 0.6) is 5.75 Å². The second-order valence-electron chi connectivity index (χ2n) is 5.17. The number of nitrogens with one attached hydrogen (secondary N) is 2. The van der Waals surface area contributed by atoms with E-state index in [1.165, 1.54) is 18.2 Å². The van der Waals surface area contributed by atoms with Gasteiger partial charge < -0.3 is 10.4 Å². The lowest BCUT2D eigenvalue weighted by molar-refractivity contribution is -0.116. The molecule has 0 aromatic heterocycles. The maximum Gasteiger partial charge on any atom is 0.240 e. The number of carbonyl (C=O) groups is 1. The normalized spacial score (nSPS) is 11.2. The van der Waals surface area contributed by atoms with Gasteiger partial charge in [0.1, 0.15) is 5.75 Å². The van der Waals surface area contributed by atoms with Crippen molar-refractivity contribution in [1.29, 1.82) is 0 Å². The number of aromatic hydroxyl groups is 1. The van der Waals surface area contributed by atoms with Crippen LogP contribution in [0.15, 0.2) is 51.8 Å². The Morgan fingerprint density at radius 1 is 1.17 bits per heavy atom. The van der Waals surface area contributed by atoms with E-state index >= 15 is 0 Å². The molecule has 128 valence electrons.